The van der Waals surface area contributed by atoms with Crippen molar-refractivity contribution in [1.82, 2.24) is 10.6 Å². The van der Waals surface area contributed by atoms with Crippen LogP contribution in [0.2, 0.25) is 5.02 Å². The number of benzene rings is 1. The zero-order valence-corrected chi connectivity index (χ0v) is 12.3. The van der Waals surface area contributed by atoms with Crippen molar-refractivity contribution in [2.75, 3.05) is 26.2 Å². The third kappa shape index (κ3) is 7.33. The van der Waals surface area contributed by atoms with Crippen molar-refractivity contribution < 1.29 is 14.6 Å². The molecular weight excluding hydrogens is 280 g/mol. The molecule has 0 aliphatic heterocycles. The van der Waals surface area contributed by atoms with Gasteiger partial charge in [-0.1, -0.05) is 24.6 Å². The molecule has 1 rings (SSSR count). The fourth-order valence-corrected chi connectivity index (χ4v) is 1.67. The van der Waals surface area contributed by atoms with Gasteiger partial charge in [0.1, 0.15) is 18.5 Å². The Morgan fingerprint density at radius 2 is 2.30 bits per heavy atom. The number of carbonyl (C=O) groups is 1. The Kier molecular flexibility index (Phi) is 8.02. The van der Waals surface area contributed by atoms with Gasteiger partial charge in [0.05, 0.1) is 6.54 Å². The lowest BCUT2D eigenvalue weighted by molar-refractivity contribution is -0.120. The van der Waals surface area contributed by atoms with Gasteiger partial charge in [0.2, 0.25) is 5.91 Å². The summed E-state index contributed by atoms with van der Waals surface area (Å²) in [4.78, 5) is 11.3. The Labute approximate surface area is 124 Å². The van der Waals surface area contributed by atoms with Crippen molar-refractivity contribution in [2.45, 2.75) is 19.4 Å². The third-order valence-electron chi connectivity index (χ3n) is 2.48. The number of halogens is 1. The van der Waals surface area contributed by atoms with E-state index in [0.29, 0.717) is 23.9 Å². The Hall–Kier alpha value is -1.30. The third-order valence-corrected chi connectivity index (χ3v) is 2.71. The van der Waals surface area contributed by atoms with Crippen LogP contribution >= 0.6 is 11.6 Å². The Bertz CT molecular complexity index is 415. The average Bonchev–Trinajstić information content (AvgIpc) is 2.43. The number of carbonyl (C=O) groups excluding carboxylic acids is 1. The summed E-state index contributed by atoms with van der Waals surface area (Å²) in [6, 6.07) is 6.98. The number of amides is 1. The lowest BCUT2D eigenvalue weighted by atomic mass is 10.3. The number of hydrogen-bond acceptors (Lipinski definition) is 4. The molecule has 112 valence electrons. The number of aliphatic hydroxyl groups is 1. The Morgan fingerprint density at radius 3 is 3.00 bits per heavy atom. The first kappa shape index (κ1) is 16.8. The maximum Gasteiger partial charge on any atom is 0.233 e. The minimum atomic E-state index is -0.687. The molecule has 1 aromatic carbocycles. The fraction of sp³-hybridized carbons (Fsp3) is 0.500. The van der Waals surface area contributed by atoms with Gasteiger partial charge in [0, 0.05) is 18.1 Å². The summed E-state index contributed by atoms with van der Waals surface area (Å²) in [5, 5.41) is 15.9. The summed E-state index contributed by atoms with van der Waals surface area (Å²) in [5.74, 6) is 0.534. The summed E-state index contributed by atoms with van der Waals surface area (Å²) >= 11 is 5.82. The standard InChI is InChI=1S/C14H21ClN2O3/c1-2-6-17-14(19)9-16-8-12(18)10-20-13-5-3-4-11(15)7-13/h3-5,7,12,16,18H,2,6,8-10H2,1H3,(H,17,19). The quantitative estimate of drug-likeness (QED) is 0.641. The van der Waals surface area contributed by atoms with Crippen molar-refractivity contribution in [3.05, 3.63) is 29.3 Å². The van der Waals surface area contributed by atoms with Crippen LogP contribution in [0.15, 0.2) is 24.3 Å². The van der Waals surface area contributed by atoms with E-state index in [2.05, 4.69) is 10.6 Å². The number of rotatable bonds is 9. The van der Waals surface area contributed by atoms with E-state index in [-0.39, 0.29) is 19.1 Å². The van der Waals surface area contributed by atoms with Gasteiger partial charge >= 0.3 is 0 Å². The van der Waals surface area contributed by atoms with Crippen molar-refractivity contribution in [2.24, 2.45) is 0 Å². The summed E-state index contributed by atoms with van der Waals surface area (Å²) < 4.78 is 5.40. The van der Waals surface area contributed by atoms with Crippen molar-refractivity contribution in [3.8, 4) is 5.75 Å². The van der Waals surface area contributed by atoms with Crippen LogP contribution in [-0.2, 0) is 4.79 Å². The van der Waals surface area contributed by atoms with E-state index in [9.17, 15) is 9.90 Å². The molecule has 0 heterocycles. The molecule has 3 N–H and O–H groups in total. The van der Waals surface area contributed by atoms with Crippen LogP contribution in [-0.4, -0.2) is 43.4 Å². The van der Waals surface area contributed by atoms with Crippen LogP contribution < -0.4 is 15.4 Å². The minimum Gasteiger partial charge on any atom is -0.491 e. The molecule has 1 unspecified atom stereocenters. The first-order valence-corrected chi connectivity index (χ1v) is 7.03. The average molecular weight is 301 g/mol. The van der Waals surface area contributed by atoms with E-state index in [1.807, 2.05) is 6.92 Å². The number of ether oxygens (including phenoxy) is 1. The zero-order chi connectivity index (χ0) is 14.8. The molecule has 0 fully saturated rings. The van der Waals surface area contributed by atoms with E-state index < -0.39 is 6.10 Å². The van der Waals surface area contributed by atoms with Gasteiger partial charge in [-0.15, -0.1) is 0 Å². The molecule has 0 aromatic heterocycles. The SMILES string of the molecule is CCCNC(=O)CNCC(O)COc1cccc(Cl)c1. The molecule has 0 aliphatic carbocycles. The summed E-state index contributed by atoms with van der Waals surface area (Å²) in [6.45, 7) is 3.28. The van der Waals surface area contributed by atoms with E-state index in [0.717, 1.165) is 6.42 Å². The molecule has 1 aromatic rings. The normalized spacial score (nSPS) is 11.9. The number of aliphatic hydroxyl groups excluding tert-OH is 1. The van der Waals surface area contributed by atoms with Crippen LogP contribution in [0.5, 0.6) is 5.75 Å². The maximum atomic E-state index is 11.3. The van der Waals surface area contributed by atoms with Crippen LogP contribution in [0.3, 0.4) is 0 Å². The summed E-state index contributed by atoms with van der Waals surface area (Å²) in [7, 11) is 0. The molecule has 5 nitrogen and oxygen atoms in total. The van der Waals surface area contributed by atoms with Crippen LogP contribution in [0.4, 0.5) is 0 Å². The molecule has 1 atom stereocenters. The molecule has 0 bridgehead atoms. The highest BCUT2D eigenvalue weighted by molar-refractivity contribution is 6.30. The highest BCUT2D eigenvalue weighted by atomic mass is 35.5. The molecular formula is C14H21ClN2O3. The number of hydrogen-bond donors (Lipinski definition) is 3. The monoisotopic (exact) mass is 300 g/mol. The largest absolute Gasteiger partial charge is 0.491 e. The zero-order valence-electron chi connectivity index (χ0n) is 11.6. The molecule has 20 heavy (non-hydrogen) atoms. The second-order valence-electron chi connectivity index (χ2n) is 4.40. The molecule has 0 saturated heterocycles. The Morgan fingerprint density at radius 1 is 1.50 bits per heavy atom. The minimum absolute atomic E-state index is 0.0743. The molecule has 6 heteroatoms. The molecule has 0 aliphatic rings. The van der Waals surface area contributed by atoms with Crippen LogP contribution in [0, 0.1) is 0 Å². The lowest BCUT2D eigenvalue weighted by Gasteiger charge is -2.13. The van der Waals surface area contributed by atoms with Gasteiger partial charge in [-0.3, -0.25) is 4.79 Å². The second kappa shape index (κ2) is 9.58. The predicted octanol–water partition coefficient (Wildman–Crippen LogP) is 1.20. The topological polar surface area (TPSA) is 70.6 Å². The van der Waals surface area contributed by atoms with Crippen molar-refractivity contribution in [1.29, 1.82) is 0 Å². The van der Waals surface area contributed by atoms with Crippen molar-refractivity contribution >= 4 is 17.5 Å². The van der Waals surface area contributed by atoms with Gasteiger partial charge in [-0.25, -0.2) is 0 Å². The summed E-state index contributed by atoms with van der Waals surface area (Å²) in [6.07, 6.45) is 0.218. The molecule has 0 radical (unpaired) electrons. The van der Waals surface area contributed by atoms with Gasteiger partial charge < -0.3 is 20.5 Å². The van der Waals surface area contributed by atoms with Gasteiger partial charge in [-0.2, -0.15) is 0 Å². The highest BCUT2D eigenvalue weighted by Crippen LogP contribution is 2.17. The van der Waals surface area contributed by atoms with Gasteiger partial charge in [0.15, 0.2) is 0 Å². The van der Waals surface area contributed by atoms with Gasteiger partial charge in [-0.05, 0) is 24.6 Å². The highest BCUT2D eigenvalue weighted by Gasteiger charge is 2.06. The molecule has 1 amide bonds. The lowest BCUT2D eigenvalue weighted by Crippen LogP contribution is -2.39. The smallest absolute Gasteiger partial charge is 0.233 e. The summed E-state index contributed by atoms with van der Waals surface area (Å²) in [5.41, 5.74) is 0. The van der Waals surface area contributed by atoms with Crippen LogP contribution in [0.25, 0.3) is 0 Å². The van der Waals surface area contributed by atoms with Crippen molar-refractivity contribution in [3.63, 3.8) is 0 Å². The van der Waals surface area contributed by atoms with Crippen LogP contribution in [0.1, 0.15) is 13.3 Å². The molecule has 0 spiro atoms. The van der Waals surface area contributed by atoms with E-state index >= 15 is 0 Å². The second-order valence-corrected chi connectivity index (χ2v) is 4.84. The number of nitrogens with one attached hydrogen (secondary N) is 2. The maximum absolute atomic E-state index is 11.3. The Balaban J connectivity index is 2.14. The fourth-order valence-electron chi connectivity index (χ4n) is 1.49. The van der Waals surface area contributed by atoms with E-state index in [4.69, 9.17) is 16.3 Å². The molecule has 0 saturated carbocycles. The van der Waals surface area contributed by atoms with E-state index in [1.54, 1.807) is 24.3 Å². The first-order valence-electron chi connectivity index (χ1n) is 6.65. The van der Waals surface area contributed by atoms with Gasteiger partial charge in [0.25, 0.3) is 0 Å². The predicted molar refractivity (Wildman–Crippen MR) is 79.1 cm³/mol. The first-order chi connectivity index (χ1) is 9.61. The van der Waals surface area contributed by atoms with E-state index in [1.165, 1.54) is 0 Å².